The van der Waals surface area contributed by atoms with E-state index in [1.807, 2.05) is 0 Å². The van der Waals surface area contributed by atoms with Crippen molar-refractivity contribution in [2.75, 3.05) is 11.9 Å². The van der Waals surface area contributed by atoms with E-state index in [9.17, 15) is 0 Å². The highest BCUT2D eigenvalue weighted by Gasteiger charge is 2.30. The molecule has 0 aliphatic carbocycles. The lowest BCUT2D eigenvalue weighted by molar-refractivity contribution is 0.625. The lowest BCUT2D eigenvalue weighted by Gasteiger charge is -2.20. The molecule has 2 atom stereocenters. The number of anilines is 1. The van der Waals surface area contributed by atoms with Crippen LogP contribution >= 0.6 is 0 Å². The van der Waals surface area contributed by atoms with Crippen molar-refractivity contribution >= 4 is 5.69 Å². The van der Waals surface area contributed by atoms with Gasteiger partial charge in [-0.3, -0.25) is 0 Å². The van der Waals surface area contributed by atoms with E-state index >= 15 is 0 Å². The summed E-state index contributed by atoms with van der Waals surface area (Å²) in [6, 6.07) is 7.57. The second-order valence-corrected chi connectivity index (χ2v) is 5.11. The molecule has 1 heteroatoms. The summed E-state index contributed by atoms with van der Waals surface area (Å²) in [5.41, 5.74) is 4.40. The van der Waals surface area contributed by atoms with Gasteiger partial charge in [-0.25, -0.2) is 0 Å². The number of benzene rings is 1. The summed E-state index contributed by atoms with van der Waals surface area (Å²) in [5.74, 6) is 1.28. The lowest BCUT2D eigenvalue weighted by atomic mass is 9.93. The highest BCUT2D eigenvalue weighted by Crippen LogP contribution is 2.40. The van der Waals surface area contributed by atoms with Crippen molar-refractivity contribution in [1.82, 2.24) is 0 Å². The zero-order chi connectivity index (χ0) is 11.2. The fraction of sp³-hybridized carbons (Fsp3) is 0.571. The third-order valence-corrected chi connectivity index (χ3v) is 3.92. The fourth-order valence-corrected chi connectivity index (χ4v) is 2.43. The van der Waals surface area contributed by atoms with Gasteiger partial charge in [-0.1, -0.05) is 32.9 Å². The maximum Gasteiger partial charge on any atom is 0.0402 e. The van der Waals surface area contributed by atoms with Crippen LogP contribution in [-0.2, 0) is 0 Å². The summed E-state index contributed by atoms with van der Waals surface area (Å²) >= 11 is 0. The van der Waals surface area contributed by atoms with Crippen molar-refractivity contribution in [2.45, 2.75) is 45.6 Å². The molecule has 0 radical (unpaired) electrons. The molecule has 1 heterocycles. The molecule has 82 valence electrons. The van der Waals surface area contributed by atoms with Gasteiger partial charge in [0.1, 0.15) is 0 Å². The highest BCUT2D eigenvalue weighted by atomic mass is 15.2. The summed E-state index contributed by atoms with van der Waals surface area (Å²) in [6.45, 7) is 9.15. The SMILES string of the molecule is CC(C)c1ccc2c(c1)C(C)C(C)N2C. The van der Waals surface area contributed by atoms with Gasteiger partial charge in [-0.2, -0.15) is 0 Å². The highest BCUT2D eigenvalue weighted by molar-refractivity contribution is 5.62. The van der Waals surface area contributed by atoms with Crippen molar-refractivity contribution in [1.29, 1.82) is 0 Å². The molecule has 1 nitrogen and oxygen atoms in total. The molecule has 15 heavy (non-hydrogen) atoms. The number of nitrogens with zero attached hydrogens (tertiary/aromatic N) is 1. The van der Waals surface area contributed by atoms with Crippen molar-refractivity contribution in [3.63, 3.8) is 0 Å². The minimum absolute atomic E-state index is 0.627. The molecule has 2 unspecified atom stereocenters. The quantitative estimate of drug-likeness (QED) is 0.672. The van der Waals surface area contributed by atoms with Gasteiger partial charge < -0.3 is 4.90 Å². The second kappa shape index (κ2) is 3.55. The van der Waals surface area contributed by atoms with Crippen molar-refractivity contribution < 1.29 is 0 Å². The number of rotatable bonds is 1. The number of fused-ring (bicyclic) bond motifs is 1. The molecular formula is C14H21N. The zero-order valence-electron chi connectivity index (χ0n) is 10.4. The van der Waals surface area contributed by atoms with E-state index in [0.29, 0.717) is 17.9 Å². The van der Waals surface area contributed by atoms with Crippen LogP contribution in [0.4, 0.5) is 5.69 Å². The van der Waals surface area contributed by atoms with Crippen LogP contribution in [0, 0.1) is 0 Å². The Morgan fingerprint density at radius 3 is 2.47 bits per heavy atom. The first-order chi connectivity index (χ1) is 7.02. The molecule has 1 aromatic rings. The van der Waals surface area contributed by atoms with Gasteiger partial charge in [-0.05, 0) is 30.0 Å². The maximum atomic E-state index is 2.39. The Labute approximate surface area is 93.1 Å². The van der Waals surface area contributed by atoms with Crippen molar-refractivity contribution in [3.05, 3.63) is 29.3 Å². The molecule has 1 aliphatic rings. The van der Waals surface area contributed by atoms with Crippen LogP contribution in [0.25, 0.3) is 0 Å². The predicted octanol–water partition coefficient (Wildman–Crippen LogP) is 3.75. The molecule has 0 bridgehead atoms. The summed E-state index contributed by atoms with van der Waals surface area (Å²) in [5, 5.41) is 0. The van der Waals surface area contributed by atoms with Gasteiger partial charge in [0.25, 0.3) is 0 Å². The molecule has 0 saturated heterocycles. The Hall–Kier alpha value is -0.980. The summed E-state index contributed by atoms with van der Waals surface area (Å²) < 4.78 is 0. The molecule has 0 fully saturated rings. The monoisotopic (exact) mass is 203 g/mol. The largest absolute Gasteiger partial charge is 0.371 e. The zero-order valence-corrected chi connectivity index (χ0v) is 10.4. The first kappa shape index (κ1) is 10.5. The summed E-state index contributed by atoms with van der Waals surface area (Å²) in [7, 11) is 2.20. The minimum atomic E-state index is 0.627. The van der Waals surface area contributed by atoms with Gasteiger partial charge in [0, 0.05) is 24.7 Å². The Morgan fingerprint density at radius 2 is 1.87 bits per heavy atom. The molecule has 0 spiro atoms. The molecular weight excluding hydrogens is 182 g/mol. The van der Waals surface area contributed by atoms with E-state index in [4.69, 9.17) is 0 Å². The van der Waals surface area contributed by atoms with Gasteiger partial charge >= 0.3 is 0 Å². The molecule has 0 aromatic heterocycles. The van der Waals surface area contributed by atoms with Crippen LogP contribution in [0.5, 0.6) is 0 Å². The van der Waals surface area contributed by atoms with Crippen LogP contribution in [-0.4, -0.2) is 13.1 Å². The van der Waals surface area contributed by atoms with Crippen LogP contribution in [0.3, 0.4) is 0 Å². The normalized spacial score (nSPS) is 24.8. The Kier molecular flexibility index (Phi) is 2.49. The lowest BCUT2D eigenvalue weighted by Crippen LogP contribution is -2.25. The van der Waals surface area contributed by atoms with Crippen LogP contribution in [0.15, 0.2) is 18.2 Å². The van der Waals surface area contributed by atoms with Crippen molar-refractivity contribution in [2.24, 2.45) is 0 Å². The number of likely N-dealkylation sites (N-methyl/N-ethyl adjacent to an activating group) is 1. The van der Waals surface area contributed by atoms with Crippen LogP contribution in [0.2, 0.25) is 0 Å². The molecule has 0 amide bonds. The fourth-order valence-electron chi connectivity index (χ4n) is 2.43. The van der Waals surface area contributed by atoms with E-state index in [1.165, 1.54) is 16.8 Å². The molecule has 1 aromatic carbocycles. The average Bonchev–Trinajstić information content (AvgIpc) is 2.44. The molecule has 0 saturated carbocycles. The van der Waals surface area contributed by atoms with Crippen molar-refractivity contribution in [3.8, 4) is 0 Å². The van der Waals surface area contributed by atoms with Crippen LogP contribution in [0.1, 0.15) is 50.7 Å². The Balaban J connectivity index is 2.47. The van der Waals surface area contributed by atoms with Gasteiger partial charge in [0.2, 0.25) is 0 Å². The predicted molar refractivity (Wildman–Crippen MR) is 66.8 cm³/mol. The topological polar surface area (TPSA) is 3.24 Å². The smallest absolute Gasteiger partial charge is 0.0402 e. The third-order valence-electron chi connectivity index (χ3n) is 3.92. The third kappa shape index (κ3) is 1.54. The average molecular weight is 203 g/mol. The van der Waals surface area contributed by atoms with E-state index in [0.717, 1.165) is 0 Å². The standard InChI is InChI=1S/C14H21N/c1-9(2)12-6-7-14-13(8-12)10(3)11(4)15(14)5/h6-11H,1-5H3. The van der Waals surface area contributed by atoms with Crippen LogP contribution < -0.4 is 4.90 Å². The van der Waals surface area contributed by atoms with E-state index in [1.54, 1.807) is 0 Å². The summed E-state index contributed by atoms with van der Waals surface area (Å²) in [6.07, 6.45) is 0. The van der Waals surface area contributed by atoms with Gasteiger partial charge in [0.05, 0.1) is 0 Å². The Bertz CT molecular complexity index is 368. The Morgan fingerprint density at radius 1 is 1.20 bits per heavy atom. The first-order valence-corrected chi connectivity index (χ1v) is 5.89. The second-order valence-electron chi connectivity index (χ2n) is 5.11. The number of hydrogen-bond donors (Lipinski definition) is 0. The molecule has 1 aliphatic heterocycles. The van der Waals surface area contributed by atoms with E-state index in [-0.39, 0.29) is 0 Å². The maximum absolute atomic E-state index is 2.39. The molecule has 2 rings (SSSR count). The first-order valence-electron chi connectivity index (χ1n) is 5.89. The van der Waals surface area contributed by atoms with Gasteiger partial charge in [0.15, 0.2) is 0 Å². The van der Waals surface area contributed by atoms with E-state index in [2.05, 4.69) is 57.8 Å². The molecule has 0 N–H and O–H groups in total. The van der Waals surface area contributed by atoms with Gasteiger partial charge in [-0.15, -0.1) is 0 Å². The number of hydrogen-bond acceptors (Lipinski definition) is 1. The minimum Gasteiger partial charge on any atom is -0.371 e. The van der Waals surface area contributed by atoms with E-state index < -0.39 is 0 Å². The summed E-state index contributed by atoms with van der Waals surface area (Å²) in [4.78, 5) is 2.39.